The molecule has 1 aliphatic rings. The van der Waals surface area contributed by atoms with Crippen molar-refractivity contribution >= 4 is 11.7 Å². The normalized spacial score (nSPS) is 13.8. The van der Waals surface area contributed by atoms with Crippen LogP contribution in [0.3, 0.4) is 0 Å². The summed E-state index contributed by atoms with van der Waals surface area (Å²) in [5.74, 6) is 0. The molecule has 0 bridgehead atoms. The Labute approximate surface area is 112 Å². The highest BCUT2D eigenvalue weighted by atomic mass is 16.2. The van der Waals surface area contributed by atoms with Crippen LogP contribution in [0.2, 0.25) is 0 Å². The lowest BCUT2D eigenvalue weighted by molar-refractivity contribution is 0.206. The monoisotopic (exact) mass is 253 g/mol. The van der Waals surface area contributed by atoms with E-state index in [2.05, 4.69) is 10.3 Å². The number of urea groups is 1. The first-order valence-corrected chi connectivity index (χ1v) is 6.37. The van der Waals surface area contributed by atoms with Gasteiger partial charge in [0.15, 0.2) is 0 Å². The molecule has 4 heteroatoms. The fourth-order valence-corrected chi connectivity index (χ4v) is 2.26. The van der Waals surface area contributed by atoms with Crippen molar-refractivity contribution in [2.24, 2.45) is 0 Å². The number of hydrogen-bond donors (Lipinski definition) is 1. The van der Waals surface area contributed by atoms with E-state index in [1.54, 1.807) is 6.20 Å². The molecule has 19 heavy (non-hydrogen) atoms. The molecule has 96 valence electrons. The quantitative estimate of drug-likeness (QED) is 0.849. The Hall–Kier alpha value is -2.36. The average molecular weight is 253 g/mol. The van der Waals surface area contributed by atoms with Crippen molar-refractivity contribution in [1.29, 1.82) is 0 Å². The van der Waals surface area contributed by atoms with Crippen molar-refractivity contribution in [3.63, 3.8) is 0 Å². The molecule has 0 spiro atoms. The molecular weight excluding hydrogens is 238 g/mol. The molecule has 4 nitrogen and oxygen atoms in total. The average Bonchev–Trinajstić information content (AvgIpc) is 2.48. The van der Waals surface area contributed by atoms with E-state index in [9.17, 15) is 4.79 Å². The lowest BCUT2D eigenvalue weighted by Crippen LogP contribution is -2.39. The molecule has 0 unspecified atom stereocenters. The van der Waals surface area contributed by atoms with Crippen LogP contribution in [0.15, 0.2) is 48.7 Å². The van der Waals surface area contributed by atoms with Gasteiger partial charge in [0.1, 0.15) is 0 Å². The second-order valence-electron chi connectivity index (χ2n) is 4.58. The van der Waals surface area contributed by atoms with Gasteiger partial charge in [-0.3, -0.25) is 4.98 Å². The van der Waals surface area contributed by atoms with Crippen molar-refractivity contribution in [3.8, 4) is 0 Å². The van der Waals surface area contributed by atoms with Crippen LogP contribution in [0.25, 0.3) is 0 Å². The Morgan fingerprint density at radius 3 is 2.84 bits per heavy atom. The van der Waals surface area contributed by atoms with E-state index >= 15 is 0 Å². The lowest BCUT2D eigenvalue weighted by Gasteiger charge is -2.28. The fourth-order valence-electron chi connectivity index (χ4n) is 2.26. The van der Waals surface area contributed by atoms with Gasteiger partial charge in [-0.05, 0) is 23.8 Å². The van der Waals surface area contributed by atoms with E-state index in [-0.39, 0.29) is 6.03 Å². The summed E-state index contributed by atoms with van der Waals surface area (Å²) < 4.78 is 0. The van der Waals surface area contributed by atoms with Gasteiger partial charge in [0.05, 0.1) is 0 Å². The zero-order valence-corrected chi connectivity index (χ0v) is 10.5. The van der Waals surface area contributed by atoms with Crippen molar-refractivity contribution in [3.05, 3.63) is 59.9 Å². The number of benzene rings is 1. The molecule has 1 aliphatic heterocycles. The minimum absolute atomic E-state index is 0.0549. The summed E-state index contributed by atoms with van der Waals surface area (Å²) in [5.41, 5.74) is 3.06. The van der Waals surface area contributed by atoms with Crippen LogP contribution in [-0.2, 0) is 13.0 Å². The number of hydrogen-bond acceptors (Lipinski definition) is 2. The summed E-state index contributed by atoms with van der Waals surface area (Å²) in [4.78, 5) is 18.3. The standard InChI is InChI=1S/C15H15N3O/c19-15(17-13-6-2-1-3-7-13)18-10-8-14-12(11-18)5-4-9-16-14/h1-7,9H,8,10-11H2,(H,17,19). The van der Waals surface area contributed by atoms with Crippen LogP contribution in [0.1, 0.15) is 11.3 Å². The summed E-state index contributed by atoms with van der Waals surface area (Å²) in [5, 5.41) is 2.91. The van der Waals surface area contributed by atoms with Crippen LogP contribution in [-0.4, -0.2) is 22.5 Å². The highest BCUT2D eigenvalue weighted by Crippen LogP contribution is 2.17. The predicted molar refractivity (Wildman–Crippen MR) is 73.8 cm³/mol. The van der Waals surface area contributed by atoms with E-state index in [0.29, 0.717) is 13.1 Å². The number of aromatic nitrogens is 1. The first kappa shape index (κ1) is 11.7. The number of nitrogens with one attached hydrogen (secondary N) is 1. The zero-order valence-electron chi connectivity index (χ0n) is 10.5. The number of rotatable bonds is 1. The van der Waals surface area contributed by atoms with E-state index in [0.717, 1.165) is 23.4 Å². The molecule has 2 heterocycles. The first-order chi connectivity index (χ1) is 9.33. The smallest absolute Gasteiger partial charge is 0.320 e. The summed E-state index contributed by atoms with van der Waals surface area (Å²) in [6.45, 7) is 1.34. The van der Waals surface area contributed by atoms with Crippen LogP contribution in [0.4, 0.5) is 10.5 Å². The zero-order chi connectivity index (χ0) is 13.1. The molecule has 1 aromatic carbocycles. The maximum atomic E-state index is 12.2. The van der Waals surface area contributed by atoms with Crippen LogP contribution in [0, 0.1) is 0 Å². The Morgan fingerprint density at radius 1 is 1.16 bits per heavy atom. The maximum Gasteiger partial charge on any atom is 0.322 e. The molecule has 0 saturated carbocycles. The van der Waals surface area contributed by atoms with Crippen LogP contribution < -0.4 is 5.32 Å². The Morgan fingerprint density at radius 2 is 2.00 bits per heavy atom. The highest BCUT2D eigenvalue weighted by molar-refractivity contribution is 5.89. The summed E-state index contributed by atoms with van der Waals surface area (Å²) >= 11 is 0. The van der Waals surface area contributed by atoms with Gasteiger partial charge >= 0.3 is 6.03 Å². The number of nitrogens with zero attached hydrogens (tertiary/aromatic N) is 2. The molecule has 0 saturated heterocycles. The minimum Gasteiger partial charge on any atom is -0.320 e. The lowest BCUT2D eigenvalue weighted by atomic mass is 10.1. The van der Waals surface area contributed by atoms with Gasteiger partial charge < -0.3 is 10.2 Å². The number of carbonyl (C=O) groups excluding carboxylic acids is 1. The van der Waals surface area contributed by atoms with E-state index < -0.39 is 0 Å². The third-order valence-corrected chi connectivity index (χ3v) is 3.28. The molecule has 0 radical (unpaired) electrons. The van der Waals surface area contributed by atoms with Gasteiger partial charge in [-0.1, -0.05) is 24.3 Å². The number of para-hydroxylation sites is 1. The number of pyridine rings is 1. The summed E-state index contributed by atoms with van der Waals surface area (Å²) in [6, 6.07) is 13.4. The van der Waals surface area contributed by atoms with E-state index in [1.807, 2.05) is 47.4 Å². The van der Waals surface area contributed by atoms with Gasteiger partial charge in [0, 0.05) is 37.1 Å². The number of carbonyl (C=O) groups is 1. The fraction of sp³-hybridized carbons (Fsp3) is 0.200. The molecule has 3 rings (SSSR count). The molecule has 1 N–H and O–H groups in total. The van der Waals surface area contributed by atoms with Crippen molar-refractivity contribution in [2.45, 2.75) is 13.0 Å². The molecule has 0 atom stereocenters. The van der Waals surface area contributed by atoms with Crippen molar-refractivity contribution in [1.82, 2.24) is 9.88 Å². The second kappa shape index (κ2) is 5.10. The van der Waals surface area contributed by atoms with E-state index in [4.69, 9.17) is 0 Å². The number of amides is 2. The van der Waals surface area contributed by atoms with Gasteiger partial charge in [-0.2, -0.15) is 0 Å². The summed E-state index contributed by atoms with van der Waals surface area (Å²) in [7, 11) is 0. The third-order valence-electron chi connectivity index (χ3n) is 3.28. The molecule has 0 fully saturated rings. The number of anilines is 1. The van der Waals surface area contributed by atoms with Gasteiger partial charge in [-0.25, -0.2) is 4.79 Å². The molecule has 2 amide bonds. The Kier molecular flexibility index (Phi) is 3.14. The minimum atomic E-state index is -0.0549. The molecule has 1 aromatic heterocycles. The van der Waals surface area contributed by atoms with Crippen LogP contribution >= 0.6 is 0 Å². The van der Waals surface area contributed by atoms with E-state index in [1.165, 1.54) is 0 Å². The van der Waals surface area contributed by atoms with Gasteiger partial charge in [0.25, 0.3) is 0 Å². The SMILES string of the molecule is O=C(Nc1ccccc1)N1CCc2ncccc2C1. The topological polar surface area (TPSA) is 45.2 Å². The van der Waals surface area contributed by atoms with Crippen LogP contribution in [0.5, 0.6) is 0 Å². The third kappa shape index (κ3) is 2.57. The van der Waals surface area contributed by atoms with Gasteiger partial charge in [-0.15, -0.1) is 0 Å². The Balaban J connectivity index is 1.70. The highest BCUT2D eigenvalue weighted by Gasteiger charge is 2.20. The number of fused-ring (bicyclic) bond motifs is 1. The first-order valence-electron chi connectivity index (χ1n) is 6.37. The molecule has 2 aromatic rings. The Bertz CT molecular complexity index is 583. The van der Waals surface area contributed by atoms with Crippen molar-refractivity contribution < 1.29 is 4.79 Å². The second-order valence-corrected chi connectivity index (χ2v) is 4.58. The molecular formula is C15H15N3O. The predicted octanol–water partition coefficient (Wildman–Crippen LogP) is 2.67. The van der Waals surface area contributed by atoms with Gasteiger partial charge in [0.2, 0.25) is 0 Å². The van der Waals surface area contributed by atoms with Crippen molar-refractivity contribution in [2.75, 3.05) is 11.9 Å². The molecule has 0 aliphatic carbocycles. The largest absolute Gasteiger partial charge is 0.322 e. The summed E-state index contributed by atoms with van der Waals surface area (Å²) in [6.07, 6.45) is 2.62. The maximum absolute atomic E-state index is 12.2.